The first-order valence-corrected chi connectivity index (χ1v) is 6.15. The maximum Gasteiger partial charge on any atom is 0.325 e. The molecule has 0 radical (unpaired) electrons. The van der Waals surface area contributed by atoms with Crippen molar-refractivity contribution in [1.29, 1.82) is 5.41 Å². The van der Waals surface area contributed by atoms with Crippen LogP contribution in [0.15, 0.2) is 24.3 Å². The van der Waals surface area contributed by atoms with Gasteiger partial charge in [0.15, 0.2) is 0 Å². The van der Waals surface area contributed by atoms with Gasteiger partial charge in [0.25, 0.3) is 5.91 Å². The third-order valence-corrected chi connectivity index (χ3v) is 3.11. The number of carboxylic acids is 1. The van der Waals surface area contributed by atoms with Crippen molar-refractivity contribution in [2.75, 3.05) is 6.54 Å². The summed E-state index contributed by atoms with van der Waals surface area (Å²) in [4.78, 5) is 34.8. The number of aliphatic carboxylic acids is 1. The highest BCUT2D eigenvalue weighted by atomic mass is 16.4. The molecule has 1 saturated heterocycles. The Bertz CT molecular complexity index is 611. The minimum Gasteiger partial charge on any atom is -0.480 e. The molecular formula is C13H14N4O4. The van der Waals surface area contributed by atoms with E-state index >= 15 is 0 Å². The van der Waals surface area contributed by atoms with Crippen LogP contribution in [0, 0.1) is 5.41 Å². The molecule has 1 fully saturated rings. The largest absolute Gasteiger partial charge is 0.480 e. The minimum absolute atomic E-state index is 0.0561. The Kier molecular flexibility index (Phi) is 3.88. The quantitative estimate of drug-likeness (QED) is 0.330. The molecule has 8 heteroatoms. The number of nitrogens with two attached hydrogens (primary N) is 1. The van der Waals surface area contributed by atoms with Crippen LogP contribution in [0.2, 0.25) is 0 Å². The van der Waals surface area contributed by atoms with Crippen LogP contribution in [0.1, 0.15) is 11.1 Å². The first-order valence-electron chi connectivity index (χ1n) is 6.15. The van der Waals surface area contributed by atoms with Gasteiger partial charge in [-0.05, 0) is 5.56 Å². The van der Waals surface area contributed by atoms with Crippen LogP contribution < -0.4 is 11.1 Å². The molecule has 110 valence electrons. The minimum atomic E-state index is -1.25. The predicted molar refractivity (Wildman–Crippen MR) is 72.8 cm³/mol. The van der Waals surface area contributed by atoms with Crippen LogP contribution >= 0.6 is 0 Å². The van der Waals surface area contributed by atoms with Gasteiger partial charge >= 0.3 is 12.0 Å². The number of carbonyl (C=O) groups excluding carboxylic acids is 2. The second kappa shape index (κ2) is 5.61. The number of hydrogen-bond donors (Lipinski definition) is 4. The second-order valence-corrected chi connectivity index (χ2v) is 4.63. The van der Waals surface area contributed by atoms with Crippen LogP contribution in [-0.2, 0) is 16.0 Å². The van der Waals surface area contributed by atoms with E-state index in [0.29, 0.717) is 10.5 Å². The topological polar surface area (TPSA) is 137 Å². The number of hydrogen-bond acceptors (Lipinski definition) is 4. The van der Waals surface area contributed by atoms with Crippen LogP contribution in [0.4, 0.5) is 4.79 Å². The van der Waals surface area contributed by atoms with Gasteiger partial charge in [0.1, 0.15) is 18.4 Å². The summed E-state index contributed by atoms with van der Waals surface area (Å²) in [7, 11) is 0. The highest BCUT2D eigenvalue weighted by molar-refractivity contribution is 6.06. The van der Waals surface area contributed by atoms with Crippen LogP contribution in [0.3, 0.4) is 0 Å². The molecule has 0 bridgehead atoms. The lowest BCUT2D eigenvalue weighted by atomic mass is 10.0. The third-order valence-electron chi connectivity index (χ3n) is 3.11. The fraction of sp³-hybridized carbons (Fsp3) is 0.231. The van der Waals surface area contributed by atoms with Crippen LogP contribution in [-0.4, -0.2) is 46.3 Å². The van der Waals surface area contributed by atoms with Crippen molar-refractivity contribution >= 4 is 23.7 Å². The molecule has 3 amide bonds. The van der Waals surface area contributed by atoms with Crippen molar-refractivity contribution in [1.82, 2.24) is 10.2 Å². The molecule has 1 aliphatic heterocycles. The SMILES string of the molecule is N=C(N)c1ccc(CC2NC(=O)N(CC(=O)O)C2=O)cc1. The van der Waals surface area contributed by atoms with Crippen molar-refractivity contribution in [3.63, 3.8) is 0 Å². The number of amidine groups is 1. The maximum absolute atomic E-state index is 12.0. The molecule has 1 heterocycles. The summed E-state index contributed by atoms with van der Waals surface area (Å²) in [5.74, 6) is -1.86. The molecule has 0 aliphatic carbocycles. The Hall–Kier alpha value is -2.90. The predicted octanol–water partition coefficient (Wildman–Crippen LogP) is -0.482. The molecule has 2 rings (SSSR count). The normalized spacial score (nSPS) is 17.7. The van der Waals surface area contributed by atoms with E-state index in [0.717, 1.165) is 5.56 Å². The van der Waals surface area contributed by atoms with Gasteiger partial charge < -0.3 is 16.2 Å². The molecule has 5 N–H and O–H groups in total. The lowest BCUT2D eigenvalue weighted by Gasteiger charge is -2.10. The fourth-order valence-electron chi connectivity index (χ4n) is 2.06. The first-order chi connectivity index (χ1) is 9.88. The van der Waals surface area contributed by atoms with E-state index in [-0.39, 0.29) is 12.3 Å². The number of carbonyl (C=O) groups is 3. The standard InChI is InChI=1S/C13H14N4O4/c14-11(15)8-3-1-7(2-4-8)5-9-12(20)17(6-10(18)19)13(21)16-9/h1-4,9H,5-6H2,(H3,14,15)(H,16,21)(H,18,19). The average molecular weight is 290 g/mol. The monoisotopic (exact) mass is 290 g/mol. The molecule has 0 saturated carbocycles. The lowest BCUT2D eigenvalue weighted by Crippen LogP contribution is -2.36. The second-order valence-electron chi connectivity index (χ2n) is 4.63. The fourth-order valence-corrected chi connectivity index (χ4v) is 2.06. The van der Waals surface area contributed by atoms with Gasteiger partial charge in [-0.15, -0.1) is 0 Å². The Morgan fingerprint density at radius 3 is 2.48 bits per heavy atom. The number of carboxylic acid groups (broad SMARTS) is 1. The molecule has 1 atom stereocenters. The van der Waals surface area contributed by atoms with Gasteiger partial charge in [0.2, 0.25) is 0 Å². The zero-order valence-corrected chi connectivity index (χ0v) is 11.0. The van der Waals surface area contributed by atoms with Gasteiger partial charge in [-0.3, -0.25) is 19.9 Å². The molecule has 1 aliphatic rings. The molecule has 8 nitrogen and oxygen atoms in total. The molecule has 1 aromatic carbocycles. The summed E-state index contributed by atoms with van der Waals surface area (Å²) < 4.78 is 0. The van der Waals surface area contributed by atoms with E-state index in [1.165, 1.54) is 0 Å². The number of rotatable bonds is 5. The molecule has 0 spiro atoms. The Morgan fingerprint density at radius 2 is 1.95 bits per heavy atom. The number of nitrogen functional groups attached to an aromatic ring is 1. The summed E-state index contributed by atoms with van der Waals surface area (Å²) in [6, 6.07) is 5.22. The van der Waals surface area contributed by atoms with E-state index < -0.39 is 30.5 Å². The Labute approximate surface area is 120 Å². The number of imide groups is 1. The van der Waals surface area contributed by atoms with Crippen LogP contribution in [0.5, 0.6) is 0 Å². The van der Waals surface area contributed by atoms with E-state index in [2.05, 4.69) is 5.32 Å². The van der Waals surface area contributed by atoms with E-state index in [9.17, 15) is 14.4 Å². The third kappa shape index (κ3) is 3.16. The van der Waals surface area contributed by atoms with E-state index in [1.807, 2.05) is 0 Å². The highest BCUT2D eigenvalue weighted by Gasteiger charge is 2.38. The van der Waals surface area contributed by atoms with Gasteiger partial charge in [-0.1, -0.05) is 24.3 Å². The molecule has 1 unspecified atom stereocenters. The molecule has 21 heavy (non-hydrogen) atoms. The smallest absolute Gasteiger partial charge is 0.325 e. The summed E-state index contributed by atoms with van der Waals surface area (Å²) in [6.45, 7) is -0.648. The summed E-state index contributed by atoms with van der Waals surface area (Å²) >= 11 is 0. The summed E-state index contributed by atoms with van der Waals surface area (Å²) in [6.07, 6.45) is 0.249. The summed E-state index contributed by atoms with van der Waals surface area (Å²) in [5.41, 5.74) is 6.68. The highest BCUT2D eigenvalue weighted by Crippen LogP contribution is 2.13. The van der Waals surface area contributed by atoms with E-state index in [1.54, 1.807) is 24.3 Å². The lowest BCUT2D eigenvalue weighted by molar-refractivity contribution is -0.141. The Balaban J connectivity index is 2.06. The molecular weight excluding hydrogens is 276 g/mol. The number of benzene rings is 1. The zero-order chi connectivity index (χ0) is 15.6. The van der Waals surface area contributed by atoms with Crippen LogP contribution in [0.25, 0.3) is 0 Å². The van der Waals surface area contributed by atoms with Gasteiger partial charge in [0, 0.05) is 12.0 Å². The van der Waals surface area contributed by atoms with Crippen molar-refractivity contribution < 1.29 is 19.5 Å². The molecule has 1 aromatic rings. The zero-order valence-electron chi connectivity index (χ0n) is 11.0. The van der Waals surface area contributed by atoms with Crippen molar-refractivity contribution in [2.24, 2.45) is 5.73 Å². The van der Waals surface area contributed by atoms with Gasteiger partial charge in [-0.25, -0.2) is 4.79 Å². The summed E-state index contributed by atoms with van der Waals surface area (Å²) in [5, 5.41) is 18.4. The van der Waals surface area contributed by atoms with E-state index in [4.69, 9.17) is 16.2 Å². The van der Waals surface area contributed by atoms with Crippen molar-refractivity contribution in [2.45, 2.75) is 12.5 Å². The number of amides is 3. The number of nitrogens with zero attached hydrogens (tertiary/aromatic N) is 1. The molecule has 0 aromatic heterocycles. The van der Waals surface area contributed by atoms with Crippen molar-refractivity contribution in [3.05, 3.63) is 35.4 Å². The van der Waals surface area contributed by atoms with Gasteiger partial charge in [-0.2, -0.15) is 0 Å². The van der Waals surface area contributed by atoms with Gasteiger partial charge in [0.05, 0.1) is 0 Å². The average Bonchev–Trinajstić information content (AvgIpc) is 2.67. The maximum atomic E-state index is 12.0. The first kappa shape index (κ1) is 14.5. The number of urea groups is 1. The van der Waals surface area contributed by atoms with Crippen molar-refractivity contribution in [3.8, 4) is 0 Å². The number of nitrogens with one attached hydrogen (secondary N) is 2. The Morgan fingerprint density at radius 1 is 1.33 bits per heavy atom.